The predicted octanol–water partition coefficient (Wildman–Crippen LogP) is 2.14. The van der Waals surface area contributed by atoms with Gasteiger partial charge in [-0.05, 0) is 45.2 Å². The van der Waals surface area contributed by atoms with Gasteiger partial charge in [-0.25, -0.2) is 0 Å². The molecule has 1 aliphatic carbocycles. The summed E-state index contributed by atoms with van der Waals surface area (Å²) in [5, 5.41) is 3.35. The van der Waals surface area contributed by atoms with Crippen molar-refractivity contribution >= 4 is 5.78 Å². The molecule has 0 radical (unpaired) electrons. The molecule has 1 N–H and O–H groups in total. The molecule has 80 valence electrons. The zero-order valence-electron chi connectivity index (χ0n) is 9.14. The van der Waals surface area contributed by atoms with Crippen LogP contribution < -0.4 is 5.32 Å². The summed E-state index contributed by atoms with van der Waals surface area (Å²) < 4.78 is 0. The molecule has 2 heteroatoms. The van der Waals surface area contributed by atoms with Crippen molar-refractivity contribution < 1.29 is 4.79 Å². The monoisotopic (exact) mass is 195 g/mol. The van der Waals surface area contributed by atoms with Crippen LogP contribution in [0.5, 0.6) is 0 Å². The number of ketones is 1. The Labute approximate surface area is 86.5 Å². The number of hydrogen-bond donors (Lipinski definition) is 1. The van der Waals surface area contributed by atoms with Gasteiger partial charge in [0.05, 0.1) is 0 Å². The summed E-state index contributed by atoms with van der Waals surface area (Å²) in [6.07, 6.45) is 6.78. The van der Waals surface area contributed by atoms with Gasteiger partial charge in [0.25, 0.3) is 0 Å². The van der Waals surface area contributed by atoms with Crippen LogP contribution in [0.1, 0.15) is 45.4 Å². The smallest absolute Gasteiger partial charge is 0.142 e. The van der Waals surface area contributed by atoms with Gasteiger partial charge >= 0.3 is 0 Å². The maximum absolute atomic E-state index is 12.3. The van der Waals surface area contributed by atoms with Crippen LogP contribution in [-0.4, -0.2) is 18.9 Å². The fourth-order valence-electron chi connectivity index (χ4n) is 2.78. The first-order valence-electron chi connectivity index (χ1n) is 6.03. The van der Waals surface area contributed by atoms with E-state index in [1.807, 2.05) is 0 Å². The van der Waals surface area contributed by atoms with E-state index in [1.165, 1.54) is 6.42 Å². The van der Waals surface area contributed by atoms with Crippen LogP contribution in [0.15, 0.2) is 0 Å². The molecule has 1 aliphatic heterocycles. The van der Waals surface area contributed by atoms with Crippen molar-refractivity contribution in [2.45, 2.75) is 45.4 Å². The topological polar surface area (TPSA) is 29.1 Å². The molecule has 2 rings (SSSR count). The Morgan fingerprint density at radius 2 is 2.00 bits per heavy atom. The van der Waals surface area contributed by atoms with Crippen molar-refractivity contribution in [1.29, 1.82) is 0 Å². The van der Waals surface area contributed by atoms with Gasteiger partial charge in [0, 0.05) is 11.3 Å². The minimum Gasteiger partial charge on any atom is -0.317 e. The fraction of sp³-hybridized carbons (Fsp3) is 0.917. The Balaban J connectivity index is 2.05. The molecule has 0 amide bonds. The van der Waals surface area contributed by atoms with E-state index in [-0.39, 0.29) is 5.41 Å². The largest absolute Gasteiger partial charge is 0.317 e. The van der Waals surface area contributed by atoms with Crippen molar-refractivity contribution in [1.82, 2.24) is 5.32 Å². The van der Waals surface area contributed by atoms with E-state index in [0.29, 0.717) is 11.7 Å². The number of nitrogens with one attached hydrogen (secondary N) is 1. The molecule has 1 saturated heterocycles. The van der Waals surface area contributed by atoms with Gasteiger partial charge < -0.3 is 5.32 Å². The van der Waals surface area contributed by atoms with Crippen molar-refractivity contribution in [3.8, 4) is 0 Å². The van der Waals surface area contributed by atoms with E-state index in [9.17, 15) is 4.79 Å². The molecule has 0 aromatic rings. The lowest BCUT2D eigenvalue weighted by Gasteiger charge is -2.40. The maximum atomic E-state index is 12.3. The number of carbonyl (C=O) groups excluding carboxylic acids is 1. The standard InChI is InChI=1S/C12H21NO/c1-2-12(6-8-13-9-7-12)11(14)10-4-3-5-10/h10,13H,2-9H2,1H3. The highest BCUT2D eigenvalue weighted by Gasteiger charge is 2.42. The molecule has 0 bridgehead atoms. The summed E-state index contributed by atoms with van der Waals surface area (Å²) in [6, 6.07) is 0. The molecule has 0 spiro atoms. The van der Waals surface area contributed by atoms with E-state index in [1.54, 1.807) is 0 Å². The molecule has 2 nitrogen and oxygen atoms in total. The number of hydrogen-bond acceptors (Lipinski definition) is 2. The second-order valence-corrected chi connectivity index (χ2v) is 4.88. The molecule has 1 heterocycles. The van der Waals surface area contributed by atoms with Gasteiger partial charge in [-0.3, -0.25) is 4.79 Å². The number of rotatable bonds is 3. The van der Waals surface area contributed by atoms with E-state index in [2.05, 4.69) is 12.2 Å². The van der Waals surface area contributed by atoms with Gasteiger partial charge in [-0.2, -0.15) is 0 Å². The van der Waals surface area contributed by atoms with Gasteiger partial charge in [0.15, 0.2) is 0 Å². The summed E-state index contributed by atoms with van der Waals surface area (Å²) in [4.78, 5) is 12.3. The third kappa shape index (κ3) is 1.60. The van der Waals surface area contributed by atoms with Gasteiger partial charge in [-0.1, -0.05) is 13.3 Å². The second-order valence-electron chi connectivity index (χ2n) is 4.88. The highest BCUT2D eigenvalue weighted by molar-refractivity contribution is 5.87. The molecule has 0 unspecified atom stereocenters. The number of Topliss-reactive ketones (excluding diaryl/α,β-unsaturated/α-hetero) is 1. The van der Waals surface area contributed by atoms with Gasteiger partial charge in [0.2, 0.25) is 0 Å². The van der Waals surface area contributed by atoms with Gasteiger partial charge in [-0.15, -0.1) is 0 Å². The van der Waals surface area contributed by atoms with E-state index in [0.717, 1.165) is 45.2 Å². The highest BCUT2D eigenvalue weighted by Crippen LogP contribution is 2.41. The van der Waals surface area contributed by atoms with Crippen molar-refractivity contribution in [2.75, 3.05) is 13.1 Å². The van der Waals surface area contributed by atoms with E-state index >= 15 is 0 Å². The van der Waals surface area contributed by atoms with Crippen LogP contribution in [-0.2, 0) is 4.79 Å². The first-order valence-corrected chi connectivity index (χ1v) is 6.03. The summed E-state index contributed by atoms with van der Waals surface area (Å²) >= 11 is 0. The van der Waals surface area contributed by atoms with Gasteiger partial charge in [0.1, 0.15) is 5.78 Å². The Hall–Kier alpha value is -0.370. The normalized spacial score (nSPS) is 26.9. The molecular formula is C12H21NO. The summed E-state index contributed by atoms with van der Waals surface area (Å²) in [6.45, 7) is 4.25. The van der Waals surface area contributed by atoms with E-state index < -0.39 is 0 Å². The first kappa shape index (κ1) is 10.2. The van der Waals surface area contributed by atoms with Crippen LogP contribution in [0.3, 0.4) is 0 Å². The lowest BCUT2D eigenvalue weighted by Crippen LogP contribution is -2.45. The first-order chi connectivity index (χ1) is 6.78. The average Bonchev–Trinajstić information content (AvgIpc) is 2.16. The Morgan fingerprint density at radius 1 is 1.36 bits per heavy atom. The number of piperidine rings is 1. The van der Waals surface area contributed by atoms with Crippen molar-refractivity contribution in [2.24, 2.45) is 11.3 Å². The molecule has 0 aromatic heterocycles. The van der Waals surface area contributed by atoms with Crippen LogP contribution >= 0.6 is 0 Å². The number of carbonyl (C=O) groups is 1. The van der Waals surface area contributed by atoms with Crippen LogP contribution in [0, 0.1) is 11.3 Å². The molecule has 0 atom stereocenters. The zero-order valence-corrected chi connectivity index (χ0v) is 9.14. The SMILES string of the molecule is CCC1(C(=O)C2CCC2)CCNCC1. The maximum Gasteiger partial charge on any atom is 0.142 e. The molecule has 14 heavy (non-hydrogen) atoms. The molecule has 1 saturated carbocycles. The van der Waals surface area contributed by atoms with Crippen LogP contribution in [0.4, 0.5) is 0 Å². The predicted molar refractivity (Wildman–Crippen MR) is 57.2 cm³/mol. The molecule has 2 fully saturated rings. The molecular weight excluding hydrogens is 174 g/mol. The summed E-state index contributed by atoms with van der Waals surface area (Å²) in [5.41, 5.74) is 0.0519. The second kappa shape index (κ2) is 4.01. The highest BCUT2D eigenvalue weighted by atomic mass is 16.1. The lowest BCUT2D eigenvalue weighted by atomic mass is 9.65. The lowest BCUT2D eigenvalue weighted by molar-refractivity contribution is -0.137. The Morgan fingerprint density at radius 3 is 2.43 bits per heavy atom. The van der Waals surface area contributed by atoms with Crippen LogP contribution in [0.25, 0.3) is 0 Å². The average molecular weight is 195 g/mol. The third-order valence-electron chi connectivity index (χ3n) is 4.24. The quantitative estimate of drug-likeness (QED) is 0.747. The van der Waals surface area contributed by atoms with Crippen molar-refractivity contribution in [3.63, 3.8) is 0 Å². The van der Waals surface area contributed by atoms with E-state index in [4.69, 9.17) is 0 Å². The molecule has 2 aliphatic rings. The molecule has 0 aromatic carbocycles. The zero-order chi connectivity index (χ0) is 10.0. The Bertz CT molecular complexity index is 214. The summed E-state index contributed by atoms with van der Waals surface area (Å²) in [7, 11) is 0. The third-order valence-corrected chi connectivity index (χ3v) is 4.24. The summed E-state index contributed by atoms with van der Waals surface area (Å²) in [5.74, 6) is 1.01. The Kier molecular flexibility index (Phi) is 2.91. The fourth-order valence-corrected chi connectivity index (χ4v) is 2.78. The van der Waals surface area contributed by atoms with Crippen molar-refractivity contribution in [3.05, 3.63) is 0 Å². The van der Waals surface area contributed by atoms with Crippen LogP contribution in [0.2, 0.25) is 0 Å². The minimum absolute atomic E-state index is 0.0519. The minimum atomic E-state index is 0.0519.